The molecule has 0 fully saturated rings. The van der Waals surface area contributed by atoms with Crippen LogP contribution in [0.5, 0.6) is 0 Å². The third-order valence-electron chi connectivity index (χ3n) is 3.09. The summed E-state index contributed by atoms with van der Waals surface area (Å²) >= 11 is 0. The van der Waals surface area contributed by atoms with Gasteiger partial charge in [0.25, 0.3) is 0 Å². The molecule has 0 bridgehead atoms. The molecule has 0 aromatic heterocycles. The van der Waals surface area contributed by atoms with Crippen LogP contribution in [0, 0.1) is 5.41 Å². The average molecular weight is 230 g/mol. The van der Waals surface area contributed by atoms with Gasteiger partial charge in [-0.05, 0) is 26.7 Å². The number of rotatable bonds is 6. The number of nitrogens with two attached hydrogens (primary N) is 1. The zero-order valence-corrected chi connectivity index (χ0v) is 10.5. The van der Waals surface area contributed by atoms with Gasteiger partial charge in [-0.3, -0.25) is 4.79 Å². The van der Waals surface area contributed by atoms with Gasteiger partial charge in [-0.25, -0.2) is 4.79 Å². The molecule has 0 atom stereocenters. The first kappa shape index (κ1) is 14.9. The highest BCUT2D eigenvalue weighted by atomic mass is 16.4. The third kappa shape index (κ3) is 2.95. The van der Waals surface area contributed by atoms with E-state index in [0.29, 0.717) is 12.8 Å². The summed E-state index contributed by atoms with van der Waals surface area (Å²) in [6.07, 6.45) is 0.705. The van der Waals surface area contributed by atoms with Gasteiger partial charge in [-0.2, -0.15) is 0 Å². The number of carboxylic acid groups (broad SMARTS) is 1. The summed E-state index contributed by atoms with van der Waals surface area (Å²) in [5.74, 6) is -1.32. The van der Waals surface area contributed by atoms with E-state index in [9.17, 15) is 9.59 Å². The van der Waals surface area contributed by atoms with Crippen molar-refractivity contribution in [3.8, 4) is 0 Å². The van der Waals surface area contributed by atoms with E-state index >= 15 is 0 Å². The molecule has 0 spiro atoms. The number of carboxylic acids is 1. The third-order valence-corrected chi connectivity index (χ3v) is 3.09. The molecule has 0 rings (SSSR count). The van der Waals surface area contributed by atoms with Crippen LogP contribution in [0.15, 0.2) is 0 Å². The van der Waals surface area contributed by atoms with E-state index in [-0.39, 0.29) is 12.5 Å². The minimum atomic E-state index is -1.18. The van der Waals surface area contributed by atoms with Crippen LogP contribution in [0.2, 0.25) is 0 Å². The molecule has 0 saturated heterocycles. The van der Waals surface area contributed by atoms with Crippen molar-refractivity contribution in [3.05, 3.63) is 0 Å². The van der Waals surface area contributed by atoms with Crippen LogP contribution in [0.3, 0.4) is 0 Å². The quantitative estimate of drug-likeness (QED) is 0.627. The molecule has 0 aliphatic carbocycles. The van der Waals surface area contributed by atoms with Gasteiger partial charge in [0, 0.05) is 6.54 Å². The lowest BCUT2D eigenvalue weighted by Crippen LogP contribution is -2.57. The molecular formula is C11H22N2O3. The second kappa shape index (κ2) is 5.30. The Hall–Kier alpha value is -1.10. The standard InChI is InChI=1S/C11H22N2O3/c1-5-11(6-2,9(15)16)13-8(14)10(3,4)7-12/h5-7,12H2,1-4H3,(H,13,14)(H,15,16). The second-order valence-corrected chi connectivity index (χ2v) is 4.64. The van der Waals surface area contributed by atoms with Gasteiger partial charge in [0.15, 0.2) is 0 Å². The fraction of sp³-hybridized carbons (Fsp3) is 0.818. The summed E-state index contributed by atoms with van der Waals surface area (Å²) in [6, 6.07) is 0. The summed E-state index contributed by atoms with van der Waals surface area (Å²) in [6.45, 7) is 7.06. The fourth-order valence-electron chi connectivity index (χ4n) is 1.26. The van der Waals surface area contributed by atoms with E-state index in [2.05, 4.69) is 5.32 Å². The molecule has 0 saturated carbocycles. The van der Waals surface area contributed by atoms with Gasteiger partial charge < -0.3 is 16.2 Å². The Bertz CT molecular complexity index is 270. The van der Waals surface area contributed by atoms with Crippen LogP contribution in [0.1, 0.15) is 40.5 Å². The van der Waals surface area contributed by atoms with Crippen molar-refractivity contribution in [1.82, 2.24) is 5.32 Å². The summed E-state index contributed by atoms with van der Waals surface area (Å²) in [5, 5.41) is 11.8. The van der Waals surface area contributed by atoms with Gasteiger partial charge in [0.05, 0.1) is 5.41 Å². The lowest BCUT2D eigenvalue weighted by Gasteiger charge is -2.32. The minimum Gasteiger partial charge on any atom is -0.480 e. The minimum absolute atomic E-state index is 0.183. The first-order valence-electron chi connectivity index (χ1n) is 5.51. The van der Waals surface area contributed by atoms with Crippen molar-refractivity contribution >= 4 is 11.9 Å². The maximum absolute atomic E-state index is 11.9. The predicted octanol–water partition coefficient (Wildman–Crippen LogP) is 0.731. The van der Waals surface area contributed by atoms with E-state index in [1.807, 2.05) is 0 Å². The van der Waals surface area contributed by atoms with Crippen LogP contribution in [0.4, 0.5) is 0 Å². The summed E-state index contributed by atoms with van der Waals surface area (Å²) in [7, 11) is 0. The molecule has 0 radical (unpaired) electrons. The Labute approximate surface area is 96.4 Å². The van der Waals surface area contributed by atoms with Crippen LogP contribution < -0.4 is 11.1 Å². The molecule has 4 N–H and O–H groups in total. The monoisotopic (exact) mass is 230 g/mol. The number of amides is 1. The molecule has 94 valence electrons. The number of carbonyl (C=O) groups is 2. The maximum Gasteiger partial charge on any atom is 0.329 e. The van der Waals surface area contributed by atoms with Crippen LogP contribution in [-0.2, 0) is 9.59 Å². The van der Waals surface area contributed by atoms with Gasteiger partial charge in [-0.1, -0.05) is 13.8 Å². The first-order valence-corrected chi connectivity index (χ1v) is 5.51. The molecule has 0 aromatic carbocycles. The highest BCUT2D eigenvalue weighted by molar-refractivity contribution is 5.89. The van der Waals surface area contributed by atoms with Crippen LogP contribution in [-0.4, -0.2) is 29.1 Å². The SMILES string of the molecule is CCC(CC)(NC(=O)C(C)(C)CN)C(=O)O. The molecule has 5 heteroatoms. The zero-order valence-electron chi connectivity index (χ0n) is 10.5. The molecule has 0 heterocycles. The Morgan fingerprint density at radius 1 is 1.25 bits per heavy atom. The second-order valence-electron chi connectivity index (χ2n) is 4.64. The normalized spacial score (nSPS) is 12.3. The zero-order chi connectivity index (χ0) is 13.0. The molecule has 1 amide bonds. The molecule has 0 aromatic rings. The van der Waals surface area contributed by atoms with E-state index < -0.39 is 16.9 Å². The smallest absolute Gasteiger partial charge is 0.329 e. The van der Waals surface area contributed by atoms with E-state index in [4.69, 9.17) is 10.8 Å². The van der Waals surface area contributed by atoms with Crippen molar-refractivity contribution < 1.29 is 14.7 Å². The average Bonchev–Trinajstić information content (AvgIpc) is 2.25. The summed E-state index contributed by atoms with van der Waals surface area (Å²) in [4.78, 5) is 23.1. The van der Waals surface area contributed by atoms with Crippen LogP contribution >= 0.6 is 0 Å². The van der Waals surface area contributed by atoms with Crippen LogP contribution in [0.25, 0.3) is 0 Å². The van der Waals surface area contributed by atoms with Crippen molar-refractivity contribution in [2.24, 2.45) is 11.1 Å². The Kier molecular flexibility index (Phi) is 4.93. The number of hydrogen-bond donors (Lipinski definition) is 3. The lowest BCUT2D eigenvalue weighted by molar-refractivity contribution is -0.149. The van der Waals surface area contributed by atoms with Gasteiger partial charge in [0.2, 0.25) is 5.91 Å². The predicted molar refractivity (Wildman–Crippen MR) is 61.9 cm³/mol. The Morgan fingerprint density at radius 3 is 1.94 bits per heavy atom. The number of aliphatic carboxylic acids is 1. The number of hydrogen-bond acceptors (Lipinski definition) is 3. The van der Waals surface area contributed by atoms with Gasteiger partial charge >= 0.3 is 5.97 Å². The number of nitrogens with one attached hydrogen (secondary N) is 1. The molecule has 5 nitrogen and oxygen atoms in total. The first-order chi connectivity index (χ1) is 7.25. The van der Waals surface area contributed by atoms with Crippen molar-refractivity contribution in [2.45, 2.75) is 46.1 Å². The van der Waals surface area contributed by atoms with Gasteiger partial charge in [-0.15, -0.1) is 0 Å². The van der Waals surface area contributed by atoms with E-state index in [1.54, 1.807) is 27.7 Å². The Balaban J connectivity index is 4.92. The highest BCUT2D eigenvalue weighted by Gasteiger charge is 2.39. The maximum atomic E-state index is 11.9. The fourth-order valence-corrected chi connectivity index (χ4v) is 1.26. The molecule has 16 heavy (non-hydrogen) atoms. The van der Waals surface area contributed by atoms with Crippen molar-refractivity contribution in [3.63, 3.8) is 0 Å². The van der Waals surface area contributed by atoms with Crippen molar-refractivity contribution in [2.75, 3.05) is 6.54 Å². The highest BCUT2D eigenvalue weighted by Crippen LogP contribution is 2.20. The summed E-state index contributed by atoms with van der Waals surface area (Å²) in [5.41, 5.74) is 3.55. The lowest BCUT2D eigenvalue weighted by atomic mass is 9.87. The van der Waals surface area contributed by atoms with E-state index in [1.165, 1.54) is 0 Å². The molecule has 0 aliphatic heterocycles. The van der Waals surface area contributed by atoms with Gasteiger partial charge in [0.1, 0.15) is 5.54 Å². The summed E-state index contributed by atoms with van der Waals surface area (Å²) < 4.78 is 0. The largest absolute Gasteiger partial charge is 0.480 e. The Morgan fingerprint density at radius 2 is 1.69 bits per heavy atom. The van der Waals surface area contributed by atoms with E-state index in [0.717, 1.165) is 0 Å². The van der Waals surface area contributed by atoms with Crippen molar-refractivity contribution in [1.29, 1.82) is 0 Å². The topological polar surface area (TPSA) is 92.4 Å². The number of carbonyl (C=O) groups excluding carboxylic acids is 1. The molecule has 0 unspecified atom stereocenters. The molecule has 0 aliphatic rings. The molecular weight excluding hydrogens is 208 g/mol.